The second-order valence-corrected chi connectivity index (χ2v) is 5.27. The van der Waals surface area contributed by atoms with E-state index in [-0.39, 0.29) is 23.9 Å². The highest BCUT2D eigenvalue weighted by molar-refractivity contribution is 5.95. The van der Waals surface area contributed by atoms with Gasteiger partial charge in [-0.3, -0.25) is 14.5 Å². The molecule has 1 fully saturated rings. The average Bonchev–Trinajstić information content (AvgIpc) is 2.50. The Labute approximate surface area is 124 Å². The maximum Gasteiger partial charge on any atom is 0.241 e. The van der Waals surface area contributed by atoms with Crippen molar-refractivity contribution in [2.45, 2.75) is 32.5 Å². The number of rotatable bonds is 4. The Bertz CT molecular complexity index is 515. The molecule has 6 nitrogen and oxygen atoms in total. The molecule has 21 heavy (non-hydrogen) atoms. The number of carbonyl (C=O) groups is 2. The number of amides is 2. The molecule has 2 unspecified atom stereocenters. The highest BCUT2D eigenvalue weighted by Crippen LogP contribution is 2.13. The van der Waals surface area contributed by atoms with Gasteiger partial charge in [-0.25, -0.2) is 0 Å². The van der Waals surface area contributed by atoms with Gasteiger partial charge < -0.3 is 16.4 Å². The van der Waals surface area contributed by atoms with Crippen LogP contribution in [0.1, 0.15) is 19.4 Å². The van der Waals surface area contributed by atoms with Crippen molar-refractivity contribution >= 4 is 17.5 Å². The molecule has 6 heteroatoms. The van der Waals surface area contributed by atoms with E-state index in [0.717, 1.165) is 11.3 Å². The minimum atomic E-state index is -0.361. The summed E-state index contributed by atoms with van der Waals surface area (Å²) in [7, 11) is 0. The number of hydrogen-bond donors (Lipinski definition) is 3. The number of nitrogens with two attached hydrogens (primary N) is 1. The van der Waals surface area contributed by atoms with Gasteiger partial charge in [0.05, 0.1) is 12.1 Å². The molecule has 114 valence electrons. The fourth-order valence-electron chi connectivity index (χ4n) is 2.45. The highest BCUT2D eigenvalue weighted by atomic mass is 16.2. The molecular weight excluding hydrogens is 268 g/mol. The average molecular weight is 290 g/mol. The van der Waals surface area contributed by atoms with E-state index in [1.807, 2.05) is 43.0 Å². The normalized spacial score (nSPS) is 20.7. The first-order valence-corrected chi connectivity index (χ1v) is 7.16. The summed E-state index contributed by atoms with van der Waals surface area (Å²) >= 11 is 0. The van der Waals surface area contributed by atoms with E-state index in [1.165, 1.54) is 0 Å². The molecule has 0 saturated carbocycles. The van der Waals surface area contributed by atoms with Crippen molar-refractivity contribution in [1.82, 2.24) is 10.2 Å². The Kier molecular flexibility index (Phi) is 4.93. The van der Waals surface area contributed by atoms with Gasteiger partial charge in [0.25, 0.3) is 0 Å². The lowest BCUT2D eigenvalue weighted by Gasteiger charge is -2.36. The van der Waals surface area contributed by atoms with Crippen LogP contribution in [0, 0.1) is 0 Å². The third-order valence-electron chi connectivity index (χ3n) is 3.88. The van der Waals surface area contributed by atoms with E-state index in [0.29, 0.717) is 19.6 Å². The number of hydrogen-bond acceptors (Lipinski definition) is 4. The first kappa shape index (κ1) is 15.5. The van der Waals surface area contributed by atoms with Gasteiger partial charge in [0, 0.05) is 25.3 Å². The van der Waals surface area contributed by atoms with E-state index < -0.39 is 0 Å². The van der Waals surface area contributed by atoms with Crippen molar-refractivity contribution in [3.63, 3.8) is 0 Å². The Hall–Kier alpha value is -1.92. The van der Waals surface area contributed by atoms with Crippen LogP contribution >= 0.6 is 0 Å². The lowest BCUT2D eigenvalue weighted by molar-refractivity contribution is -0.132. The number of carbonyl (C=O) groups excluding carboxylic acids is 2. The van der Waals surface area contributed by atoms with Crippen LogP contribution in [0.15, 0.2) is 24.3 Å². The topological polar surface area (TPSA) is 87.5 Å². The molecule has 1 saturated heterocycles. The quantitative estimate of drug-likeness (QED) is 0.744. The van der Waals surface area contributed by atoms with E-state index >= 15 is 0 Å². The van der Waals surface area contributed by atoms with Crippen LogP contribution in [0.4, 0.5) is 5.69 Å². The number of benzene rings is 1. The summed E-state index contributed by atoms with van der Waals surface area (Å²) in [5.41, 5.74) is 7.29. The van der Waals surface area contributed by atoms with Crippen LogP contribution in [0.5, 0.6) is 0 Å². The van der Waals surface area contributed by atoms with E-state index in [9.17, 15) is 9.59 Å². The summed E-state index contributed by atoms with van der Waals surface area (Å²) < 4.78 is 0. The zero-order valence-electron chi connectivity index (χ0n) is 12.4. The fraction of sp³-hybridized carbons (Fsp3) is 0.467. The predicted molar refractivity (Wildman–Crippen MR) is 81.6 cm³/mol. The Morgan fingerprint density at radius 3 is 2.76 bits per heavy atom. The predicted octanol–water partition coefficient (Wildman–Crippen LogP) is 0.293. The van der Waals surface area contributed by atoms with Crippen LogP contribution in [-0.4, -0.2) is 41.9 Å². The van der Waals surface area contributed by atoms with Gasteiger partial charge in [0.1, 0.15) is 0 Å². The summed E-state index contributed by atoms with van der Waals surface area (Å²) in [5, 5.41) is 5.67. The number of piperazine rings is 1. The van der Waals surface area contributed by atoms with Crippen LogP contribution in [0.25, 0.3) is 0 Å². The molecular formula is C15H22N4O2. The molecule has 2 amide bonds. The lowest BCUT2D eigenvalue weighted by Crippen LogP contribution is -2.58. The van der Waals surface area contributed by atoms with Gasteiger partial charge in [0.2, 0.25) is 11.8 Å². The molecule has 0 aromatic heterocycles. The summed E-state index contributed by atoms with van der Waals surface area (Å²) in [6.07, 6.45) is 0. The van der Waals surface area contributed by atoms with Crippen LogP contribution < -0.4 is 16.4 Å². The molecule has 1 heterocycles. The molecule has 0 radical (unpaired) electrons. The first-order chi connectivity index (χ1) is 10.0. The minimum absolute atomic E-state index is 0.0341. The highest BCUT2D eigenvalue weighted by Gasteiger charge is 2.32. The summed E-state index contributed by atoms with van der Waals surface area (Å²) in [6.45, 7) is 5.36. The monoisotopic (exact) mass is 290 g/mol. The van der Waals surface area contributed by atoms with Gasteiger partial charge >= 0.3 is 0 Å². The molecule has 1 aliphatic heterocycles. The van der Waals surface area contributed by atoms with E-state index in [2.05, 4.69) is 10.6 Å². The number of nitrogens with zero attached hydrogens (tertiary/aromatic N) is 1. The van der Waals surface area contributed by atoms with Gasteiger partial charge in [-0.1, -0.05) is 12.1 Å². The second-order valence-electron chi connectivity index (χ2n) is 5.27. The molecule has 1 aliphatic rings. The van der Waals surface area contributed by atoms with Crippen molar-refractivity contribution in [2.24, 2.45) is 5.73 Å². The zero-order chi connectivity index (χ0) is 15.4. The fourth-order valence-corrected chi connectivity index (χ4v) is 2.45. The van der Waals surface area contributed by atoms with Crippen molar-refractivity contribution in [2.75, 3.05) is 18.4 Å². The maximum atomic E-state index is 12.3. The maximum absolute atomic E-state index is 12.3. The van der Waals surface area contributed by atoms with E-state index in [1.54, 1.807) is 0 Å². The van der Waals surface area contributed by atoms with Crippen molar-refractivity contribution in [3.05, 3.63) is 29.8 Å². The largest absolute Gasteiger partial charge is 0.353 e. The third-order valence-corrected chi connectivity index (χ3v) is 3.88. The summed E-state index contributed by atoms with van der Waals surface area (Å²) in [4.78, 5) is 25.9. The van der Waals surface area contributed by atoms with E-state index in [4.69, 9.17) is 5.73 Å². The smallest absolute Gasteiger partial charge is 0.241 e. The summed E-state index contributed by atoms with van der Waals surface area (Å²) in [5.74, 6) is -0.148. The lowest BCUT2D eigenvalue weighted by atomic mass is 10.1. The molecule has 2 rings (SSSR count). The SMILES string of the molecule is CC1C(=O)NCCN1C(C)C(=O)Nc1ccc(CN)cc1. The molecule has 0 bridgehead atoms. The van der Waals surface area contributed by atoms with Crippen molar-refractivity contribution < 1.29 is 9.59 Å². The van der Waals surface area contributed by atoms with Crippen LogP contribution in [0.2, 0.25) is 0 Å². The van der Waals surface area contributed by atoms with Crippen molar-refractivity contribution in [3.8, 4) is 0 Å². The van der Waals surface area contributed by atoms with Crippen molar-refractivity contribution in [1.29, 1.82) is 0 Å². The van der Waals surface area contributed by atoms with Gasteiger partial charge in [-0.2, -0.15) is 0 Å². The Morgan fingerprint density at radius 2 is 2.14 bits per heavy atom. The second kappa shape index (κ2) is 6.69. The molecule has 1 aromatic rings. The van der Waals surface area contributed by atoms with Crippen LogP contribution in [0.3, 0.4) is 0 Å². The zero-order valence-corrected chi connectivity index (χ0v) is 12.4. The minimum Gasteiger partial charge on any atom is -0.353 e. The molecule has 2 atom stereocenters. The molecule has 1 aromatic carbocycles. The van der Waals surface area contributed by atoms with Gasteiger partial charge in [0.15, 0.2) is 0 Å². The molecule has 4 N–H and O–H groups in total. The Morgan fingerprint density at radius 1 is 1.48 bits per heavy atom. The first-order valence-electron chi connectivity index (χ1n) is 7.16. The Balaban J connectivity index is 1.99. The van der Waals surface area contributed by atoms with Gasteiger partial charge in [-0.05, 0) is 31.5 Å². The number of nitrogens with one attached hydrogen (secondary N) is 2. The molecule has 0 spiro atoms. The summed E-state index contributed by atoms with van der Waals surface area (Å²) in [6, 6.07) is 6.78. The number of anilines is 1. The third kappa shape index (κ3) is 3.59. The standard InChI is InChI=1S/C15H22N4O2/c1-10-14(20)17-7-8-19(10)11(2)15(21)18-13-5-3-12(9-16)4-6-13/h3-6,10-11H,7-9,16H2,1-2H3,(H,17,20)(H,18,21). The molecule has 0 aliphatic carbocycles. The van der Waals surface area contributed by atoms with Crippen LogP contribution in [-0.2, 0) is 16.1 Å². The van der Waals surface area contributed by atoms with Gasteiger partial charge in [-0.15, -0.1) is 0 Å².